The third-order valence-electron chi connectivity index (χ3n) is 2.67. The molecule has 2 atom stereocenters. The fourth-order valence-electron chi connectivity index (χ4n) is 1.77. The number of anilines is 2. The quantitative estimate of drug-likeness (QED) is 0.827. The average Bonchev–Trinajstić information content (AvgIpc) is 2.91. The van der Waals surface area contributed by atoms with Crippen LogP contribution in [0.3, 0.4) is 0 Å². The molecule has 0 amide bonds. The molecule has 2 unspecified atom stereocenters. The van der Waals surface area contributed by atoms with Crippen LogP contribution >= 0.6 is 11.6 Å². The SMILES string of the molecule is CCCC1CC1Nc1nc(N)ncc1Cl. The Kier molecular flexibility index (Phi) is 2.95. The lowest BCUT2D eigenvalue weighted by Gasteiger charge is -2.06. The first-order chi connectivity index (χ1) is 7.20. The number of hydrogen-bond acceptors (Lipinski definition) is 4. The Hall–Kier alpha value is -1.03. The number of hydrogen-bond donors (Lipinski definition) is 2. The van der Waals surface area contributed by atoms with Crippen LogP contribution in [0.4, 0.5) is 11.8 Å². The maximum atomic E-state index is 5.95. The highest BCUT2D eigenvalue weighted by Gasteiger charge is 2.36. The molecule has 1 heterocycles. The molecule has 0 aromatic carbocycles. The molecule has 15 heavy (non-hydrogen) atoms. The van der Waals surface area contributed by atoms with Gasteiger partial charge in [-0.25, -0.2) is 4.98 Å². The van der Waals surface area contributed by atoms with Crippen molar-refractivity contribution in [1.82, 2.24) is 9.97 Å². The van der Waals surface area contributed by atoms with Crippen molar-refractivity contribution < 1.29 is 0 Å². The minimum Gasteiger partial charge on any atom is -0.368 e. The van der Waals surface area contributed by atoms with Gasteiger partial charge in [0.05, 0.1) is 6.20 Å². The molecular weight excluding hydrogens is 212 g/mol. The maximum Gasteiger partial charge on any atom is 0.222 e. The van der Waals surface area contributed by atoms with Crippen molar-refractivity contribution in [2.75, 3.05) is 11.1 Å². The molecule has 0 radical (unpaired) electrons. The smallest absolute Gasteiger partial charge is 0.222 e. The van der Waals surface area contributed by atoms with E-state index in [-0.39, 0.29) is 5.95 Å². The number of aromatic nitrogens is 2. The van der Waals surface area contributed by atoms with Gasteiger partial charge in [-0.15, -0.1) is 0 Å². The lowest BCUT2D eigenvalue weighted by atomic mass is 10.2. The van der Waals surface area contributed by atoms with Crippen LogP contribution in [0.1, 0.15) is 26.2 Å². The molecule has 0 aliphatic heterocycles. The third-order valence-corrected chi connectivity index (χ3v) is 2.94. The summed E-state index contributed by atoms with van der Waals surface area (Å²) in [6.45, 7) is 2.20. The van der Waals surface area contributed by atoms with Gasteiger partial charge in [-0.1, -0.05) is 24.9 Å². The number of nitrogens with zero attached hydrogens (tertiary/aromatic N) is 2. The summed E-state index contributed by atoms with van der Waals surface area (Å²) in [7, 11) is 0. The largest absolute Gasteiger partial charge is 0.368 e. The molecular formula is C10H15ClN4. The van der Waals surface area contributed by atoms with E-state index in [2.05, 4.69) is 22.2 Å². The van der Waals surface area contributed by atoms with Gasteiger partial charge in [0.1, 0.15) is 5.02 Å². The molecule has 2 rings (SSSR count). The number of rotatable bonds is 4. The van der Waals surface area contributed by atoms with Crippen LogP contribution in [0.25, 0.3) is 0 Å². The van der Waals surface area contributed by atoms with Gasteiger partial charge in [0, 0.05) is 6.04 Å². The zero-order valence-electron chi connectivity index (χ0n) is 8.70. The molecule has 3 N–H and O–H groups in total. The van der Waals surface area contributed by atoms with Crippen molar-refractivity contribution in [3.8, 4) is 0 Å². The molecule has 1 saturated carbocycles. The first-order valence-electron chi connectivity index (χ1n) is 5.25. The summed E-state index contributed by atoms with van der Waals surface area (Å²) in [6, 6.07) is 0.511. The summed E-state index contributed by atoms with van der Waals surface area (Å²) in [5.41, 5.74) is 5.50. The zero-order valence-corrected chi connectivity index (χ0v) is 9.46. The monoisotopic (exact) mass is 226 g/mol. The lowest BCUT2D eigenvalue weighted by molar-refractivity contribution is 0.692. The van der Waals surface area contributed by atoms with Crippen molar-refractivity contribution in [3.05, 3.63) is 11.2 Å². The Balaban J connectivity index is 1.97. The number of nitrogens with two attached hydrogens (primary N) is 1. The summed E-state index contributed by atoms with van der Waals surface area (Å²) in [5.74, 6) is 1.68. The molecule has 0 bridgehead atoms. The van der Waals surface area contributed by atoms with Crippen molar-refractivity contribution in [2.45, 2.75) is 32.2 Å². The van der Waals surface area contributed by atoms with Crippen LogP contribution in [0.5, 0.6) is 0 Å². The third kappa shape index (κ3) is 2.50. The molecule has 1 aliphatic carbocycles. The van der Waals surface area contributed by atoms with Crippen LogP contribution < -0.4 is 11.1 Å². The van der Waals surface area contributed by atoms with E-state index < -0.39 is 0 Å². The summed E-state index contributed by atoms with van der Waals surface area (Å²) < 4.78 is 0. The summed E-state index contributed by atoms with van der Waals surface area (Å²) in [4.78, 5) is 7.89. The molecule has 1 aliphatic rings. The fraction of sp³-hybridized carbons (Fsp3) is 0.600. The molecule has 1 aromatic rings. The molecule has 0 saturated heterocycles. The second-order valence-electron chi connectivity index (χ2n) is 3.96. The fourth-order valence-corrected chi connectivity index (χ4v) is 1.92. The standard InChI is InChI=1S/C10H15ClN4/c1-2-3-6-4-8(6)14-9-7(11)5-13-10(12)15-9/h5-6,8H,2-4H2,1H3,(H3,12,13,14,15). The Morgan fingerprint density at radius 1 is 1.67 bits per heavy atom. The van der Waals surface area contributed by atoms with Crippen LogP contribution in [0.15, 0.2) is 6.20 Å². The molecule has 5 heteroatoms. The van der Waals surface area contributed by atoms with Crippen molar-refractivity contribution in [1.29, 1.82) is 0 Å². The van der Waals surface area contributed by atoms with Gasteiger partial charge < -0.3 is 11.1 Å². The lowest BCUT2D eigenvalue weighted by Crippen LogP contribution is -2.08. The van der Waals surface area contributed by atoms with E-state index in [0.29, 0.717) is 16.9 Å². The average molecular weight is 227 g/mol. The second kappa shape index (κ2) is 4.23. The van der Waals surface area contributed by atoms with Gasteiger partial charge in [-0.05, 0) is 18.8 Å². The Morgan fingerprint density at radius 3 is 3.20 bits per heavy atom. The van der Waals surface area contributed by atoms with Crippen LogP contribution in [-0.4, -0.2) is 16.0 Å². The maximum absolute atomic E-state index is 5.95. The van der Waals surface area contributed by atoms with Crippen molar-refractivity contribution in [2.24, 2.45) is 5.92 Å². The first kappa shape index (κ1) is 10.5. The van der Waals surface area contributed by atoms with Crippen LogP contribution in [-0.2, 0) is 0 Å². The van der Waals surface area contributed by atoms with Gasteiger partial charge in [0.15, 0.2) is 5.82 Å². The van der Waals surface area contributed by atoms with Gasteiger partial charge >= 0.3 is 0 Å². The Labute approximate surface area is 94.2 Å². The van der Waals surface area contributed by atoms with Gasteiger partial charge in [0.2, 0.25) is 5.95 Å². The predicted molar refractivity (Wildman–Crippen MR) is 61.9 cm³/mol. The normalized spacial score (nSPS) is 23.9. The molecule has 1 aromatic heterocycles. The summed E-state index contributed by atoms with van der Waals surface area (Å²) in [5, 5.41) is 3.83. The highest BCUT2D eigenvalue weighted by Crippen LogP contribution is 2.37. The first-order valence-corrected chi connectivity index (χ1v) is 5.63. The summed E-state index contributed by atoms with van der Waals surface area (Å²) in [6.07, 6.45) is 5.22. The summed E-state index contributed by atoms with van der Waals surface area (Å²) >= 11 is 5.95. The van der Waals surface area contributed by atoms with E-state index in [1.165, 1.54) is 25.5 Å². The Bertz CT molecular complexity index is 355. The van der Waals surface area contributed by atoms with E-state index in [9.17, 15) is 0 Å². The minimum absolute atomic E-state index is 0.259. The Morgan fingerprint density at radius 2 is 2.47 bits per heavy atom. The van der Waals surface area contributed by atoms with Crippen molar-refractivity contribution >= 4 is 23.4 Å². The van der Waals surface area contributed by atoms with E-state index in [4.69, 9.17) is 17.3 Å². The number of nitrogen functional groups attached to an aromatic ring is 1. The second-order valence-corrected chi connectivity index (χ2v) is 4.37. The molecule has 82 valence electrons. The van der Waals surface area contributed by atoms with Crippen molar-refractivity contribution in [3.63, 3.8) is 0 Å². The number of nitrogens with one attached hydrogen (secondary N) is 1. The van der Waals surface area contributed by atoms with Gasteiger partial charge in [-0.3, -0.25) is 0 Å². The van der Waals surface area contributed by atoms with E-state index in [1.54, 1.807) is 0 Å². The molecule has 4 nitrogen and oxygen atoms in total. The predicted octanol–water partition coefficient (Wildman–Crippen LogP) is 2.31. The van der Waals surface area contributed by atoms with Gasteiger partial charge in [-0.2, -0.15) is 4.98 Å². The van der Waals surface area contributed by atoms with E-state index in [0.717, 1.165) is 5.92 Å². The minimum atomic E-state index is 0.259. The van der Waals surface area contributed by atoms with E-state index in [1.807, 2.05) is 0 Å². The molecule has 0 spiro atoms. The highest BCUT2D eigenvalue weighted by atomic mass is 35.5. The van der Waals surface area contributed by atoms with Crippen LogP contribution in [0, 0.1) is 5.92 Å². The molecule has 1 fully saturated rings. The number of halogens is 1. The topological polar surface area (TPSA) is 63.8 Å². The zero-order chi connectivity index (χ0) is 10.8. The van der Waals surface area contributed by atoms with Gasteiger partial charge in [0.25, 0.3) is 0 Å². The van der Waals surface area contributed by atoms with Crippen LogP contribution in [0.2, 0.25) is 5.02 Å². The van der Waals surface area contributed by atoms with E-state index >= 15 is 0 Å². The highest BCUT2D eigenvalue weighted by molar-refractivity contribution is 6.32.